The Labute approximate surface area is 249 Å². The van der Waals surface area contributed by atoms with Crippen molar-refractivity contribution in [3.05, 3.63) is 59.4 Å². The van der Waals surface area contributed by atoms with Gasteiger partial charge in [-0.15, -0.1) is 0 Å². The summed E-state index contributed by atoms with van der Waals surface area (Å²) in [5.41, 5.74) is 7.38. The topological polar surface area (TPSA) is 154 Å². The molecule has 2 saturated heterocycles. The van der Waals surface area contributed by atoms with Gasteiger partial charge in [0.05, 0.1) is 30.5 Å². The Bertz CT molecular complexity index is 1360. The minimum Gasteiger partial charge on any atom is -0.442 e. The van der Waals surface area contributed by atoms with E-state index in [4.69, 9.17) is 10.5 Å². The van der Waals surface area contributed by atoms with Crippen molar-refractivity contribution in [2.45, 2.75) is 45.4 Å². The van der Waals surface area contributed by atoms with Crippen LogP contribution in [-0.4, -0.2) is 85.9 Å². The van der Waals surface area contributed by atoms with E-state index in [-0.39, 0.29) is 43.5 Å². The molecule has 1 unspecified atom stereocenters. The monoisotopic (exact) mass is 596 g/mol. The highest BCUT2D eigenvalue weighted by molar-refractivity contribution is 5.98. The van der Waals surface area contributed by atoms with E-state index in [2.05, 4.69) is 10.6 Å². The number of benzene rings is 2. The van der Waals surface area contributed by atoms with Gasteiger partial charge in [0, 0.05) is 58.1 Å². The van der Waals surface area contributed by atoms with E-state index in [0.717, 1.165) is 5.56 Å². The summed E-state index contributed by atoms with van der Waals surface area (Å²) >= 11 is 0. The Morgan fingerprint density at radius 1 is 1.05 bits per heavy atom. The molecule has 2 fully saturated rings. The fourth-order valence-corrected chi connectivity index (χ4v) is 4.92. The van der Waals surface area contributed by atoms with E-state index in [1.807, 2.05) is 4.90 Å². The number of primary amides is 1. The summed E-state index contributed by atoms with van der Waals surface area (Å²) in [4.78, 5) is 64.8. The second-order valence-electron chi connectivity index (χ2n) is 10.7. The SMILES string of the molecule is CC(=O)NC[C@H]1CN(c2ccc(N3CCN(C(=O)CCC(=O)c4ccc(CNC(C)C(N)=O)cc4)CC3)c(F)c2)C(=O)O1. The molecule has 0 saturated carbocycles. The molecule has 13 heteroatoms. The van der Waals surface area contributed by atoms with Gasteiger partial charge in [-0.2, -0.15) is 0 Å². The van der Waals surface area contributed by atoms with Crippen LogP contribution in [0.15, 0.2) is 42.5 Å². The number of rotatable bonds is 12. The Morgan fingerprint density at radius 2 is 1.74 bits per heavy atom. The number of halogens is 1. The van der Waals surface area contributed by atoms with Crippen LogP contribution < -0.4 is 26.2 Å². The lowest BCUT2D eigenvalue weighted by Gasteiger charge is -2.36. The predicted octanol–water partition coefficient (Wildman–Crippen LogP) is 1.56. The van der Waals surface area contributed by atoms with Gasteiger partial charge in [-0.05, 0) is 30.7 Å². The molecule has 2 aliphatic heterocycles. The Hall–Kier alpha value is -4.52. The van der Waals surface area contributed by atoms with Gasteiger partial charge in [-0.3, -0.25) is 24.1 Å². The first kappa shape index (κ1) is 31.4. The summed E-state index contributed by atoms with van der Waals surface area (Å²) in [7, 11) is 0. The normalized spacial score (nSPS) is 17.4. The van der Waals surface area contributed by atoms with Crippen LogP contribution in [0.3, 0.4) is 0 Å². The van der Waals surface area contributed by atoms with Gasteiger partial charge in [0.1, 0.15) is 11.9 Å². The van der Waals surface area contributed by atoms with E-state index in [1.165, 1.54) is 17.9 Å². The van der Waals surface area contributed by atoms with Crippen molar-refractivity contribution in [2.24, 2.45) is 5.73 Å². The summed E-state index contributed by atoms with van der Waals surface area (Å²) < 4.78 is 20.4. The summed E-state index contributed by atoms with van der Waals surface area (Å²) in [5, 5.41) is 5.61. The summed E-state index contributed by atoms with van der Waals surface area (Å²) in [6.07, 6.45) is -0.964. The van der Waals surface area contributed by atoms with E-state index in [9.17, 15) is 24.0 Å². The van der Waals surface area contributed by atoms with Gasteiger partial charge in [-0.25, -0.2) is 9.18 Å². The second kappa shape index (κ2) is 14.1. The molecule has 43 heavy (non-hydrogen) atoms. The molecule has 2 aliphatic rings. The third-order valence-electron chi connectivity index (χ3n) is 7.55. The molecule has 0 spiro atoms. The molecule has 0 bridgehead atoms. The van der Waals surface area contributed by atoms with Gasteiger partial charge in [-0.1, -0.05) is 24.3 Å². The minimum absolute atomic E-state index is 0.0794. The number of amides is 4. The van der Waals surface area contributed by atoms with Gasteiger partial charge in [0.2, 0.25) is 17.7 Å². The van der Waals surface area contributed by atoms with Crippen molar-refractivity contribution in [2.75, 3.05) is 49.1 Å². The van der Waals surface area contributed by atoms with Gasteiger partial charge in [0.25, 0.3) is 0 Å². The molecule has 2 aromatic carbocycles. The van der Waals surface area contributed by atoms with Gasteiger partial charge < -0.3 is 30.9 Å². The molecule has 0 radical (unpaired) electrons. The lowest BCUT2D eigenvalue weighted by atomic mass is 10.0. The molecular weight excluding hydrogens is 559 g/mol. The largest absolute Gasteiger partial charge is 0.442 e. The number of ether oxygens (including phenoxy) is 1. The highest BCUT2D eigenvalue weighted by atomic mass is 19.1. The maximum absolute atomic E-state index is 15.1. The third kappa shape index (κ3) is 8.28. The molecule has 2 aromatic rings. The number of cyclic esters (lactones) is 1. The molecule has 12 nitrogen and oxygen atoms in total. The summed E-state index contributed by atoms with van der Waals surface area (Å²) in [6, 6.07) is 11.1. The van der Waals surface area contributed by atoms with Crippen LogP contribution in [0.1, 0.15) is 42.6 Å². The first-order valence-corrected chi connectivity index (χ1v) is 14.2. The van der Waals surface area contributed by atoms with Crippen molar-refractivity contribution >= 4 is 41.0 Å². The lowest BCUT2D eigenvalue weighted by molar-refractivity contribution is -0.131. The fraction of sp³-hybridized carbons (Fsp3) is 0.433. The highest BCUT2D eigenvalue weighted by Gasteiger charge is 2.33. The number of carbonyl (C=O) groups excluding carboxylic acids is 5. The van der Waals surface area contributed by atoms with Gasteiger partial charge >= 0.3 is 6.09 Å². The van der Waals surface area contributed by atoms with Crippen LogP contribution in [0.25, 0.3) is 0 Å². The fourth-order valence-electron chi connectivity index (χ4n) is 4.92. The average molecular weight is 597 g/mol. The first-order chi connectivity index (χ1) is 20.5. The van der Waals surface area contributed by atoms with Crippen LogP contribution in [0.2, 0.25) is 0 Å². The van der Waals surface area contributed by atoms with Crippen molar-refractivity contribution < 1.29 is 33.1 Å². The number of hydrogen-bond donors (Lipinski definition) is 3. The Morgan fingerprint density at radius 3 is 2.37 bits per heavy atom. The zero-order valence-corrected chi connectivity index (χ0v) is 24.3. The number of carbonyl (C=O) groups is 5. The molecule has 2 atom stereocenters. The average Bonchev–Trinajstić information content (AvgIpc) is 3.37. The first-order valence-electron chi connectivity index (χ1n) is 14.2. The van der Waals surface area contributed by atoms with Crippen molar-refractivity contribution in [3.63, 3.8) is 0 Å². The molecule has 2 heterocycles. The quantitative estimate of drug-likeness (QED) is 0.312. The van der Waals surface area contributed by atoms with Crippen LogP contribution in [-0.2, 0) is 25.7 Å². The van der Waals surface area contributed by atoms with Crippen molar-refractivity contribution in [1.82, 2.24) is 15.5 Å². The van der Waals surface area contributed by atoms with E-state index < -0.39 is 30.0 Å². The number of nitrogens with one attached hydrogen (secondary N) is 2. The number of nitrogens with two attached hydrogens (primary N) is 1. The number of Topliss-reactive ketones (excluding diaryl/α,β-unsaturated/α-hetero) is 1. The highest BCUT2D eigenvalue weighted by Crippen LogP contribution is 2.28. The van der Waals surface area contributed by atoms with E-state index >= 15 is 4.39 Å². The number of anilines is 2. The third-order valence-corrected chi connectivity index (χ3v) is 7.55. The standard InChI is InChI=1S/C30H37FN6O6/c1-19(29(32)41)33-16-21-3-5-22(6-4-21)27(39)9-10-28(40)36-13-11-35(12-14-36)26-8-7-23(15-25(26)31)37-18-24(43-30(37)42)17-34-20(2)38/h3-8,15,19,24,33H,9-14,16-18H2,1-2H3,(H2,32,41)(H,34,38)/t19?,24-/m0/s1. The van der Waals surface area contributed by atoms with Gasteiger partial charge in [0.15, 0.2) is 5.78 Å². The summed E-state index contributed by atoms with van der Waals surface area (Å²) in [5.74, 6) is -1.44. The maximum atomic E-state index is 15.1. The number of hydrogen-bond acceptors (Lipinski definition) is 8. The molecular formula is C30H37FN6O6. The number of nitrogens with zero attached hydrogens (tertiary/aromatic N) is 3. The Kier molecular flexibility index (Phi) is 10.3. The van der Waals surface area contributed by atoms with E-state index in [0.29, 0.717) is 49.7 Å². The minimum atomic E-state index is -0.603. The zero-order chi connectivity index (χ0) is 31.1. The van der Waals surface area contributed by atoms with Crippen LogP contribution >= 0.6 is 0 Å². The second-order valence-corrected chi connectivity index (χ2v) is 10.7. The smallest absolute Gasteiger partial charge is 0.414 e. The number of ketones is 1. The molecule has 4 rings (SSSR count). The van der Waals surface area contributed by atoms with Crippen molar-refractivity contribution in [1.29, 1.82) is 0 Å². The van der Waals surface area contributed by atoms with Crippen molar-refractivity contribution in [3.8, 4) is 0 Å². The van der Waals surface area contributed by atoms with Crippen LogP contribution in [0, 0.1) is 5.82 Å². The molecule has 230 valence electrons. The van der Waals surface area contributed by atoms with Crippen LogP contribution in [0.4, 0.5) is 20.6 Å². The zero-order valence-electron chi connectivity index (χ0n) is 24.3. The maximum Gasteiger partial charge on any atom is 0.414 e. The Balaban J connectivity index is 1.23. The van der Waals surface area contributed by atoms with Crippen LogP contribution in [0.5, 0.6) is 0 Å². The molecule has 4 N–H and O–H groups in total. The lowest BCUT2D eigenvalue weighted by Crippen LogP contribution is -2.49. The molecule has 0 aromatic heterocycles. The molecule has 4 amide bonds. The number of piperazine rings is 1. The summed E-state index contributed by atoms with van der Waals surface area (Å²) in [6.45, 7) is 5.49. The van der Waals surface area contributed by atoms with E-state index in [1.54, 1.807) is 48.2 Å². The predicted molar refractivity (Wildman–Crippen MR) is 157 cm³/mol. The molecule has 0 aliphatic carbocycles.